The molecule has 2 N–H and O–H groups in total. The maximum absolute atomic E-state index is 10.1. The Kier molecular flexibility index (Phi) is 7.93. The van der Waals surface area contributed by atoms with E-state index < -0.39 is 5.97 Å². The molecule has 0 aromatic heterocycles. The highest BCUT2D eigenvalue weighted by Gasteiger charge is 1.96. The van der Waals surface area contributed by atoms with Crippen molar-refractivity contribution in [2.24, 2.45) is 0 Å². The van der Waals surface area contributed by atoms with Gasteiger partial charge in [-0.3, -0.25) is 0 Å². The van der Waals surface area contributed by atoms with Crippen molar-refractivity contribution >= 4 is 5.97 Å². The molecule has 0 rings (SSSR count). The topological polar surface area (TPSA) is 52.6 Å². The number of nitrogens with one attached hydrogen (secondary N) is 1. The summed E-state index contributed by atoms with van der Waals surface area (Å²) in [6.07, 6.45) is 3.62. The lowest BCUT2D eigenvalue weighted by Gasteiger charge is -2.17. The molecule has 0 amide bonds. The predicted octanol–water partition coefficient (Wildman–Crippen LogP) is 0.906. The standard InChI is InChI=1S/C10H20N2O2/c1-3-12(4-2)9-5-7-11-8-6-10(13)14/h6,8,11H,3-5,7,9H2,1-2H3,(H,13,14)/b8-6+. The van der Waals surface area contributed by atoms with Gasteiger partial charge < -0.3 is 15.3 Å². The second-order valence-electron chi connectivity index (χ2n) is 3.01. The minimum atomic E-state index is -0.916. The second-order valence-corrected chi connectivity index (χ2v) is 3.01. The molecule has 0 unspecified atom stereocenters. The van der Waals surface area contributed by atoms with Crippen LogP contribution in [0.1, 0.15) is 20.3 Å². The first-order valence-electron chi connectivity index (χ1n) is 5.05. The lowest BCUT2D eigenvalue weighted by Crippen LogP contribution is -2.26. The number of aliphatic carboxylic acids is 1. The van der Waals surface area contributed by atoms with E-state index in [0.717, 1.165) is 38.7 Å². The molecule has 0 bridgehead atoms. The predicted molar refractivity (Wildman–Crippen MR) is 57.2 cm³/mol. The van der Waals surface area contributed by atoms with Gasteiger partial charge in [0.05, 0.1) is 0 Å². The Bertz CT molecular complexity index is 177. The zero-order valence-corrected chi connectivity index (χ0v) is 8.99. The van der Waals surface area contributed by atoms with Gasteiger partial charge in [0.1, 0.15) is 0 Å². The Balaban J connectivity index is 3.32. The van der Waals surface area contributed by atoms with Gasteiger partial charge in [0, 0.05) is 18.8 Å². The summed E-state index contributed by atoms with van der Waals surface area (Å²) in [7, 11) is 0. The molecule has 0 aliphatic rings. The van der Waals surface area contributed by atoms with E-state index in [1.807, 2.05) is 0 Å². The van der Waals surface area contributed by atoms with Crippen molar-refractivity contribution in [1.82, 2.24) is 10.2 Å². The SMILES string of the molecule is CCN(CC)CCCN/C=C/C(=O)O. The Morgan fingerprint density at radius 2 is 2.07 bits per heavy atom. The minimum Gasteiger partial charge on any atom is -0.478 e. The first-order valence-corrected chi connectivity index (χ1v) is 5.05. The largest absolute Gasteiger partial charge is 0.478 e. The van der Waals surface area contributed by atoms with Crippen LogP contribution in [0.2, 0.25) is 0 Å². The van der Waals surface area contributed by atoms with Crippen molar-refractivity contribution in [3.8, 4) is 0 Å². The highest BCUT2D eigenvalue weighted by molar-refractivity contribution is 5.79. The van der Waals surface area contributed by atoms with E-state index in [1.165, 1.54) is 6.20 Å². The van der Waals surface area contributed by atoms with Gasteiger partial charge in [0.15, 0.2) is 0 Å². The number of carbonyl (C=O) groups is 1. The smallest absolute Gasteiger partial charge is 0.329 e. The second kappa shape index (κ2) is 8.56. The molecule has 0 saturated carbocycles. The number of hydrogen-bond acceptors (Lipinski definition) is 3. The van der Waals surface area contributed by atoms with Crippen LogP contribution in [0.25, 0.3) is 0 Å². The van der Waals surface area contributed by atoms with Gasteiger partial charge in [-0.05, 0) is 26.1 Å². The zero-order chi connectivity index (χ0) is 10.8. The summed E-state index contributed by atoms with van der Waals surface area (Å²) in [5.74, 6) is -0.916. The van der Waals surface area contributed by atoms with Crippen LogP contribution < -0.4 is 5.32 Å². The third kappa shape index (κ3) is 7.61. The van der Waals surface area contributed by atoms with Gasteiger partial charge in [0.2, 0.25) is 0 Å². The Hall–Kier alpha value is -1.03. The van der Waals surface area contributed by atoms with Crippen molar-refractivity contribution in [3.05, 3.63) is 12.3 Å². The lowest BCUT2D eigenvalue weighted by atomic mass is 10.3. The van der Waals surface area contributed by atoms with E-state index in [2.05, 4.69) is 24.1 Å². The number of carboxylic acids is 1. The van der Waals surface area contributed by atoms with Crippen molar-refractivity contribution in [1.29, 1.82) is 0 Å². The van der Waals surface area contributed by atoms with Crippen molar-refractivity contribution < 1.29 is 9.90 Å². The molecule has 4 heteroatoms. The fourth-order valence-corrected chi connectivity index (χ4v) is 1.16. The van der Waals surface area contributed by atoms with E-state index in [-0.39, 0.29) is 0 Å². The molecule has 82 valence electrons. The Morgan fingerprint density at radius 1 is 1.43 bits per heavy atom. The molecule has 0 heterocycles. The quantitative estimate of drug-likeness (QED) is 0.451. The van der Waals surface area contributed by atoms with E-state index in [0.29, 0.717) is 0 Å². The average Bonchev–Trinajstić information content (AvgIpc) is 2.16. The maximum Gasteiger partial charge on any atom is 0.329 e. The minimum absolute atomic E-state index is 0.820. The first kappa shape index (κ1) is 13.0. The molecule has 0 aromatic carbocycles. The molecule has 0 fully saturated rings. The monoisotopic (exact) mass is 200 g/mol. The number of rotatable bonds is 8. The normalized spacial score (nSPS) is 11.1. The van der Waals surface area contributed by atoms with Crippen molar-refractivity contribution in [2.75, 3.05) is 26.2 Å². The fraction of sp³-hybridized carbons (Fsp3) is 0.700. The molecule has 0 spiro atoms. The van der Waals surface area contributed by atoms with Gasteiger partial charge in [0.25, 0.3) is 0 Å². The van der Waals surface area contributed by atoms with Gasteiger partial charge in [-0.2, -0.15) is 0 Å². The zero-order valence-electron chi connectivity index (χ0n) is 8.99. The fourth-order valence-electron chi connectivity index (χ4n) is 1.16. The molecule has 4 nitrogen and oxygen atoms in total. The summed E-state index contributed by atoms with van der Waals surface area (Å²) in [6, 6.07) is 0. The van der Waals surface area contributed by atoms with Crippen molar-refractivity contribution in [2.45, 2.75) is 20.3 Å². The summed E-state index contributed by atoms with van der Waals surface area (Å²) in [4.78, 5) is 12.4. The molecule has 0 aliphatic heterocycles. The van der Waals surface area contributed by atoms with E-state index in [9.17, 15) is 4.79 Å². The molecule has 14 heavy (non-hydrogen) atoms. The molecule has 0 aliphatic carbocycles. The highest BCUT2D eigenvalue weighted by atomic mass is 16.4. The van der Waals surface area contributed by atoms with Crippen LogP contribution in [0.5, 0.6) is 0 Å². The summed E-state index contributed by atoms with van der Waals surface area (Å²) in [5, 5.41) is 11.2. The summed E-state index contributed by atoms with van der Waals surface area (Å²) in [6.45, 7) is 8.30. The molecule has 0 radical (unpaired) electrons. The van der Waals surface area contributed by atoms with Crippen LogP contribution in [0, 0.1) is 0 Å². The van der Waals surface area contributed by atoms with Gasteiger partial charge in [-0.1, -0.05) is 13.8 Å². The van der Waals surface area contributed by atoms with Gasteiger partial charge in [-0.25, -0.2) is 4.79 Å². The van der Waals surface area contributed by atoms with Crippen LogP contribution in [0.15, 0.2) is 12.3 Å². The van der Waals surface area contributed by atoms with E-state index in [4.69, 9.17) is 5.11 Å². The van der Waals surface area contributed by atoms with Crippen LogP contribution in [0.4, 0.5) is 0 Å². The number of carboxylic acid groups (broad SMARTS) is 1. The van der Waals surface area contributed by atoms with E-state index in [1.54, 1.807) is 0 Å². The summed E-state index contributed by atoms with van der Waals surface area (Å²) >= 11 is 0. The Morgan fingerprint density at radius 3 is 2.57 bits per heavy atom. The highest BCUT2D eigenvalue weighted by Crippen LogP contribution is 1.88. The molecule has 0 aromatic rings. The van der Waals surface area contributed by atoms with Crippen molar-refractivity contribution in [3.63, 3.8) is 0 Å². The summed E-state index contributed by atoms with van der Waals surface area (Å²) < 4.78 is 0. The summed E-state index contributed by atoms with van der Waals surface area (Å²) in [5.41, 5.74) is 0. The van der Waals surface area contributed by atoms with Gasteiger partial charge >= 0.3 is 5.97 Å². The van der Waals surface area contributed by atoms with E-state index >= 15 is 0 Å². The van der Waals surface area contributed by atoms with Crippen LogP contribution in [-0.4, -0.2) is 42.2 Å². The third-order valence-electron chi connectivity index (χ3n) is 2.03. The average molecular weight is 200 g/mol. The number of hydrogen-bond donors (Lipinski definition) is 2. The molecule has 0 saturated heterocycles. The first-order chi connectivity index (χ1) is 6.70. The molecular formula is C10H20N2O2. The maximum atomic E-state index is 10.1. The van der Waals surface area contributed by atoms with Gasteiger partial charge in [-0.15, -0.1) is 0 Å². The molecular weight excluding hydrogens is 180 g/mol. The Labute approximate surface area is 85.6 Å². The lowest BCUT2D eigenvalue weighted by molar-refractivity contribution is -0.131. The van der Waals surface area contributed by atoms with Crippen LogP contribution in [-0.2, 0) is 4.79 Å². The van der Waals surface area contributed by atoms with Crippen LogP contribution >= 0.6 is 0 Å². The third-order valence-corrected chi connectivity index (χ3v) is 2.03. The van der Waals surface area contributed by atoms with Crippen LogP contribution in [0.3, 0.4) is 0 Å². The molecule has 0 atom stereocenters. The number of nitrogens with zero attached hydrogens (tertiary/aromatic N) is 1.